The number of nitrogens with one attached hydrogen (secondary N) is 1. The molecule has 0 radical (unpaired) electrons. The molecule has 2 saturated heterocycles. The normalized spacial score (nSPS) is 26.5. The van der Waals surface area contributed by atoms with Crippen molar-refractivity contribution in [3.8, 4) is 0 Å². The summed E-state index contributed by atoms with van der Waals surface area (Å²) in [5.41, 5.74) is -0.254. The van der Waals surface area contributed by atoms with Crippen LogP contribution >= 0.6 is 0 Å². The van der Waals surface area contributed by atoms with E-state index in [4.69, 9.17) is 4.74 Å². The fourth-order valence-electron chi connectivity index (χ4n) is 4.53. The second-order valence-corrected chi connectivity index (χ2v) is 8.29. The van der Waals surface area contributed by atoms with Gasteiger partial charge in [0.25, 0.3) is 5.91 Å². The highest BCUT2D eigenvalue weighted by atomic mass is 16.5. The molecule has 9 nitrogen and oxygen atoms in total. The van der Waals surface area contributed by atoms with E-state index < -0.39 is 17.2 Å². The largest absolute Gasteiger partial charge is 0.388 e. The first kappa shape index (κ1) is 19.8. The summed E-state index contributed by atoms with van der Waals surface area (Å²) in [5, 5.41) is 18.6. The van der Waals surface area contributed by atoms with Gasteiger partial charge in [0, 0.05) is 45.3 Å². The van der Waals surface area contributed by atoms with Gasteiger partial charge in [-0.2, -0.15) is 5.10 Å². The first-order valence-electron chi connectivity index (χ1n) is 9.99. The monoisotopic (exact) mass is 400 g/mol. The lowest BCUT2D eigenvalue weighted by Crippen LogP contribution is -2.69. The molecule has 0 aliphatic carbocycles. The van der Waals surface area contributed by atoms with Crippen molar-refractivity contribution in [1.82, 2.24) is 25.1 Å². The Morgan fingerprint density at radius 2 is 2.07 bits per heavy atom. The molecule has 29 heavy (non-hydrogen) atoms. The molecule has 156 valence electrons. The summed E-state index contributed by atoms with van der Waals surface area (Å²) in [5.74, 6) is 0.613. The fourth-order valence-corrected chi connectivity index (χ4v) is 4.53. The van der Waals surface area contributed by atoms with E-state index in [1.807, 2.05) is 6.92 Å². The minimum absolute atomic E-state index is 0.216. The van der Waals surface area contributed by atoms with E-state index in [9.17, 15) is 9.90 Å². The van der Waals surface area contributed by atoms with Crippen molar-refractivity contribution >= 4 is 11.7 Å². The first-order chi connectivity index (χ1) is 13.8. The Morgan fingerprint density at radius 3 is 2.69 bits per heavy atom. The van der Waals surface area contributed by atoms with Crippen LogP contribution in [0.4, 0.5) is 5.82 Å². The van der Waals surface area contributed by atoms with Gasteiger partial charge in [-0.05, 0) is 33.1 Å². The van der Waals surface area contributed by atoms with Gasteiger partial charge in [0.2, 0.25) is 0 Å². The molecule has 0 bridgehead atoms. The highest BCUT2D eigenvalue weighted by Gasteiger charge is 2.54. The SMILES string of the molecule is Cc1nn(C)cc1C(=O)N[C@@]1(C)CCOC2(CCN(c3cnccn3)CC2)[C@@H]1O. The summed E-state index contributed by atoms with van der Waals surface area (Å²) in [4.78, 5) is 23.5. The van der Waals surface area contributed by atoms with E-state index in [1.54, 1.807) is 43.4 Å². The maximum Gasteiger partial charge on any atom is 0.255 e. The molecule has 2 aliphatic rings. The number of aromatic nitrogens is 4. The number of rotatable bonds is 3. The molecule has 4 heterocycles. The van der Waals surface area contributed by atoms with Crippen LogP contribution in [0.25, 0.3) is 0 Å². The van der Waals surface area contributed by atoms with Gasteiger partial charge in [-0.25, -0.2) is 4.98 Å². The van der Waals surface area contributed by atoms with E-state index >= 15 is 0 Å². The number of piperidine rings is 1. The molecule has 2 fully saturated rings. The Labute approximate surface area is 170 Å². The summed E-state index contributed by atoms with van der Waals surface area (Å²) in [6, 6.07) is 0. The van der Waals surface area contributed by atoms with Crippen LogP contribution < -0.4 is 10.2 Å². The van der Waals surface area contributed by atoms with Gasteiger partial charge in [0.1, 0.15) is 11.9 Å². The number of hydrogen-bond donors (Lipinski definition) is 2. The van der Waals surface area contributed by atoms with E-state index in [0.717, 1.165) is 5.82 Å². The third-order valence-corrected chi connectivity index (χ3v) is 6.25. The van der Waals surface area contributed by atoms with E-state index in [0.29, 0.717) is 50.2 Å². The standard InChI is InChI=1S/C20H28N6O3/c1-14-15(13-25(3)24-14)17(27)23-19(2)6-11-29-20(18(19)28)4-9-26(10-5-20)16-12-21-7-8-22-16/h7-8,12-13,18,28H,4-6,9-11H2,1-3H3,(H,23,27)/t18-,19+/m1/s1. The van der Waals surface area contributed by atoms with Crippen LogP contribution in [0.1, 0.15) is 42.2 Å². The summed E-state index contributed by atoms with van der Waals surface area (Å²) in [6.45, 7) is 5.62. The second-order valence-electron chi connectivity index (χ2n) is 8.29. The van der Waals surface area contributed by atoms with Crippen molar-refractivity contribution in [2.24, 2.45) is 7.05 Å². The number of anilines is 1. The van der Waals surface area contributed by atoms with Crippen LogP contribution in [0.3, 0.4) is 0 Å². The zero-order chi connectivity index (χ0) is 20.6. The average Bonchev–Trinajstić information content (AvgIpc) is 3.06. The number of hydrogen-bond acceptors (Lipinski definition) is 7. The third-order valence-electron chi connectivity index (χ3n) is 6.25. The minimum Gasteiger partial charge on any atom is -0.388 e. The third kappa shape index (κ3) is 3.60. The number of amides is 1. The minimum atomic E-state index is -0.811. The number of carbonyl (C=O) groups is 1. The van der Waals surface area contributed by atoms with Gasteiger partial charge in [-0.3, -0.25) is 14.5 Å². The quantitative estimate of drug-likeness (QED) is 0.786. The summed E-state index contributed by atoms with van der Waals surface area (Å²) < 4.78 is 7.75. The van der Waals surface area contributed by atoms with Crippen LogP contribution in [-0.2, 0) is 11.8 Å². The average molecular weight is 400 g/mol. The van der Waals surface area contributed by atoms with E-state index in [2.05, 4.69) is 25.3 Å². The molecule has 4 rings (SSSR count). The molecule has 9 heteroatoms. The lowest BCUT2D eigenvalue weighted by molar-refractivity contribution is -0.195. The lowest BCUT2D eigenvalue weighted by Gasteiger charge is -2.53. The number of carbonyl (C=O) groups excluding carboxylic acids is 1. The Bertz CT molecular complexity index is 878. The zero-order valence-corrected chi connectivity index (χ0v) is 17.1. The molecule has 2 aliphatic heterocycles. The van der Waals surface area contributed by atoms with Crippen LogP contribution in [0, 0.1) is 6.92 Å². The van der Waals surface area contributed by atoms with E-state index in [1.165, 1.54) is 0 Å². The molecule has 2 atom stereocenters. The van der Waals surface area contributed by atoms with Gasteiger partial charge in [0.15, 0.2) is 0 Å². The predicted octanol–water partition coefficient (Wildman–Crippen LogP) is 0.827. The Hall–Kier alpha value is -2.52. The summed E-state index contributed by atoms with van der Waals surface area (Å²) >= 11 is 0. The predicted molar refractivity (Wildman–Crippen MR) is 107 cm³/mol. The lowest BCUT2D eigenvalue weighted by atomic mass is 9.73. The smallest absolute Gasteiger partial charge is 0.255 e. The number of nitrogens with zero attached hydrogens (tertiary/aromatic N) is 5. The molecule has 0 saturated carbocycles. The second kappa shape index (κ2) is 7.38. The molecule has 1 spiro atoms. The highest BCUT2D eigenvalue weighted by Crippen LogP contribution is 2.40. The van der Waals surface area contributed by atoms with Crippen LogP contribution in [-0.4, -0.2) is 67.7 Å². The van der Waals surface area contributed by atoms with Gasteiger partial charge >= 0.3 is 0 Å². The Balaban J connectivity index is 1.48. The number of aliphatic hydroxyl groups is 1. The van der Waals surface area contributed by atoms with Crippen LogP contribution in [0.15, 0.2) is 24.8 Å². The zero-order valence-electron chi connectivity index (χ0n) is 17.1. The molecule has 2 N–H and O–H groups in total. The summed E-state index contributed by atoms with van der Waals surface area (Å²) in [7, 11) is 1.79. The van der Waals surface area contributed by atoms with Gasteiger partial charge in [-0.15, -0.1) is 0 Å². The molecular formula is C20H28N6O3. The Kier molecular flexibility index (Phi) is 5.04. The van der Waals surface area contributed by atoms with Gasteiger partial charge in [0.05, 0.1) is 28.6 Å². The Morgan fingerprint density at radius 1 is 1.31 bits per heavy atom. The van der Waals surface area contributed by atoms with Crippen molar-refractivity contribution in [1.29, 1.82) is 0 Å². The topological polar surface area (TPSA) is 105 Å². The van der Waals surface area contributed by atoms with Crippen molar-refractivity contribution < 1.29 is 14.6 Å². The molecule has 2 aromatic rings. The van der Waals surface area contributed by atoms with Crippen LogP contribution in [0.2, 0.25) is 0 Å². The molecule has 0 unspecified atom stereocenters. The van der Waals surface area contributed by atoms with Crippen molar-refractivity contribution in [3.63, 3.8) is 0 Å². The number of aliphatic hydroxyl groups excluding tert-OH is 1. The van der Waals surface area contributed by atoms with Crippen LogP contribution in [0.5, 0.6) is 0 Å². The van der Waals surface area contributed by atoms with Crippen molar-refractivity contribution in [2.45, 2.75) is 50.4 Å². The van der Waals surface area contributed by atoms with E-state index in [-0.39, 0.29) is 5.91 Å². The van der Waals surface area contributed by atoms with Gasteiger partial charge in [-0.1, -0.05) is 0 Å². The number of ether oxygens (including phenoxy) is 1. The molecule has 2 aromatic heterocycles. The maximum atomic E-state index is 12.9. The first-order valence-corrected chi connectivity index (χ1v) is 9.99. The molecular weight excluding hydrogens is 372 g/mol. The number of aryl methyl sites for hydroxylation is 2. The van der Waals surface area contributed by atoms with Gasteiger partial charge < -0.3 is 20.1 Å². The maximum absolute atomic E-state index is 12.9. The van der Waals surface area contributed by atoms with Crippen molar-refractivity contribution in [2.75, 3.05) is 24.6 Å². The summed E-state index contributed by atoms with van der Waals surface area (Å²) in [6.07, 6.45) is 7.83. The fraction of sp³-hybridized carbons (Fsp3) is 0.600. The van der Waals surface area contributed by atoms with Crippen molar-refractivity contribution in [3.05, 3.63) is 36.0 Å². The highest BCUT2D eigenvalue weighted by molar-refractivity contribution is 5.95. The molecule has 1 amide bonds. The molecule has 0 aromatic carbocycles.